The Bertz CT molecular complexity index is 827. The number of rotatable bonds is 8. The summed E-state index contributed by atoms with van der Waals surface area (Å²) in [5, 5.41) is 4.22. The Morgan fingerprint density at radius 3 is 2.69 bits per heavy atom. The van der Waals surface area contributed by atoms with Crippen LogP contribution < -0.4 is 5.32 Å². The zero-order valence-corrected chi connectivity index (χ0v) is 17.3. The minimum absolute atomic E-state index is 0.134. The van der Waals surface area contributed by atoms with Gasteiger partial charge >= 0.3 is 0 Å². The lowest BCUT2D eigenvalue weighted by atomic mass is 10.1. The van der Waals surface area contributed by atoms with Crippen LogP contribution in [0, 0.1) is 0 Å². The Morgan fingerprint density at radius 1 is 1.15 bits per heavy atom. The van der Waals surface area contributed by atoms with Gasteiger partial charge in [0.25, 0.3) is 0 Å². The molecule has 1 heterocycles. The normalized spacial score (nSPS) is 12.2. The maximum absolute atomic E-state index is 12.1. The van der Waals surface area contributed by atoms with Crippen LogP contribution in [0.25, 0.3) is 10.2 Å². The van der Waals surface area contributed by atoms with Gasteiger partial charge in [0.1, 0.15) is 0 Å². The second-order valence-electron chi connectivity index (χ2n) is 6.56. The summed E-state index contributed by atoms with van der Waals surface area (Å²) in [5.74, 6) is 0.134. The first-order valence-electron chi connectivity index (χ1n) is 8.98. The van der Waals surface area contributed by atoms with E-state index in [0.717, 1.165) is 40.7 Å². The quantitative estimate of drug-likeness (QED) is 0.510. The van der Waals surface area contributed by atoms with Crippen LogP contribution in [0.2, 0.25) is 0 Å². The van der Waals surface area contributed by atoms with Gasteiger partial charge < -0.3 is 5.32 Å². The number of carbonyl (C=O) groups is 1. The largest absolute Gasteiger partial charge is 0.354 e. The average molecular weight is 431 g/mol. The summed E-state index contributed by atoms with van der Waals surface area (Å²) in [6.07, 6.45) is 4.18. The van der Waals surface area contributed by atoms with E-state index < -0.39 is 0 Å². The molecule has 0 fully saturated rings. The number of benzene rings is 2. The van der Waals surface area contributed by atoms with E-state index in [1.54, 1.807) is 11.3 Å². The van der Waals surface area contributed by atoms with E-state index in [-0.39, 0.29) is 11.9 Å². The third-order valence-electron chi connectivity index (χ3n) is 4.32. The van der Waals surface area contributed by atoms with Gasteiger partial charge in [0, 0.05) is 16.9 Å². The van der Waals surface area contributed by atoms with Gasteiger partial charge in [-0.1, -0.05) is 40.2 Å². The minimum Gasteiger partial charge on any atom is -0.354 e. The van der Waals surface area contributed by atoms with Crippen LogP contribution in [-0.2, 0) is 17.6 Å². The van der Waals surface area contributed by atoms with E-state index in [2.05, 4.69) is 63.5 Å². The third kappa shape index (κ3) is 5.64. The molecule has 0 radical (unpaired) electrons. The molecule has 1 amide bonds. The predicted octanol–water partition coefficient (Wildman–Crippen LogP) is 5.52. The summed E-state index contributed by atoms with van der Waals surface area (Å²) in [4.78, 5) is 16.8. The molecule has 0 saturated heterocycles. The molecular weight excluding hydrogens is 408 g/mol. The monoisotopic (exact) mass is 430 g/mol. The fourth-order valence-corrected chi connectivity index (χ4v) is 4.15. The molecule has 1 aromatic heterocycles. The van der Waals surface area contributed by atoms with Gasteiger partial charge in [-0.05, 0) is 62.4 Å². The van der Waals surface area contributed by atoms with Crippen LogP contribution in [0.4, 0.5) is 0 Å². The summed E-state index contributed by atoms with van der Waals surface area (Å²) >= 11 is 5.17. The van der Waals surface area contributed by atoms with E-state index >= 15 is 0 Å². The molecule has 136 valence electrons. The number of hydrogen-bond donors (Lipinski definition) is 1. The number of halogens is 1. The molecule has 0 spiro atoms. The molecule has 3 nitrogen and oxygen atoms in total. The van der Waals surface area contributed by atoms with E-state index in [0.29, 0.717) is 6.42 Å². The Labute approximate surface area is 167 Å². The Kier molecular flexibility index (Phi) is 6.80. The third-order valence-corrected chi connectivity index (χ3v) is 5.94. The van der Waals surface area contributed by atoms with Crippen molar-refractivity contribution in [3.8, 4) is 0 Å². The summed E-state index contributed by atoms with van der Waals surface area (Å²) < 4.78 is 2.31. The molecule has 1 N–H and O–H groups in total. The van der Waals surface area contributed by atoms with Crippen LogP contribution in [0.5, 0.6) is 0 Å². The van der Waals surface area contributed by atoms with Crippen molar-refractivity contribution in [3.05, 3.63) is 63.6 Å². The molecule has 0 aliphatic carbocycles. The highest BCUT2D eigenvalue weighted by atomic mass is 79.9. The van der Waals surface area contributed by atoms with Crippen LogP contribution in [0.15, 0.2) is 53.0 Å². The van der Waals surface area contributed by atoms with Crippen molar-refractivity contribution < 1.29 is 4.79 Å². The molecule has 0 bridgehead atoms. The molecule has 5 heteroatoms. The fraction of sp³-hybridized carbons (Fsp3) is 0.333. The summed E-state index contributed by atoms with van der Waals surface area (Å²) in [5.41, 5.74) is 2.35. The first-order chi connectivity index (χ1) is 12.6. The van der Waals surface area contributed by atoms with E-state index in [9.17, 15) is 4.79 Å². The predicted molar refractivity (Wildman–Crippen MR) is 113 cm³/mol. The first kappa shape index (κ1) is 19.1. The Morgan fingerprint density at radius 2 is 1.92 bits per heavy atom. The molecule has 1 unspecified atom stereocenters. The van der Waals surface area contributed by atoms with Crippen molar-refractivity contribution >= 4 is 43.4 Å². The van der Waals surface area contributed by atoms with Crippen LogP contribution in [0.1, 0.15) is 36.8 Å². The number of aromatic nitrogens is 1. The summed E-state index contributed by atoms with van der Waals surface area (Å²) in [6, 6.07) is 16.7. The second kappa shape index (κ2) is 9.28. The van der Waals surface area contributed by atoms with Crippen molar-refractivity contribution in [2.24, 2.45) is 0 Å². The molecule has 26 heavy (non-hydrogen) atoms. The van der Waals surface area contributed by atoms with E-state index in [1.807, 2.05) is 18.2 Å². The highest BCUT2D eigenvalue weighted by molar-refractivity contribution is 9.10. The summed E-state index contributed by atoms with van der Waals surface area (Å²) in [7, 11) is 0. The van der Waals surface area contributed by atoms with Gasteiger partial charge in [-0.2, -0.15) is 0 Å². The van der Waals surface area contributed by atoms with Crippen molar-refractivity contribution in [1.82, 2.24) is 10.3 Å². The van der Waals surface area contributed by atoms with Gasteiger partial charge in [0.2, 0.25) is 5.91 Å². The number of para-hydroxylation sites is 1. The van der Waals surface area contributed by atoms with Gasteiger partial charge in [0.15, 0.2) is 0 Å². The number of nitrogens with zero attached hydrogens (tertiary/aromatic N) is 1. The lowest BCUT2D eigenvalue weighted by Gasteiger charge is -2.13. The van der Waals surface area contributed by atoms with Gasteiger partial charge in [-0.15, -0.1) is 11.3 Å². The van der Waals surface area contributed by atoms with E-state index in [4.69, 9.17) is 0 Å². The summed E-state index contributed by atoms with van der Waals surface area (Å²) in [6.45, 7) is 2.07. The maximum Gasteiger partial charge on any atom is 0.220 e. The molecule has 3 rings (SSSR count). The standard InChI is InChI=1S/C21H23BrN2OS/c1-15(9-10-16-11-13-17(22)14-12-16)23-20(25)7-4-8-21-24-18-5-2-3-6-19(18)26-21/h2-3,5-6,11-15H,4,7-10H2,1H3,(H,23,25). The number of amides is 1. The molecule has 3 aromatic rings. The molecular formula is C21H23BrN2OS. The van der Waals surface area contributed by atoms with Crippen molar-refractivity contribution in [2.45, 2.75) is 45.1 Å². The fourth-order valence-electron chi connectivity index (χ4n) is 2.88. The zero-order chi connectivity index (χ0) is 18.4. The van der Waals surface area contributed by atoms with Crippen LogP contribution in [-0.4, -0.2) is 16.9 Å². The van der Waals surface area contributed by atoms with Crippen molar-refractivity contribution in [2.75, 3.05) is 0 Å². The molecule has 0 aliphatic rings. The Balaban J connectivity index is 1.37. The van der Waals surface area contributed by atoms with Crippen LogP contribution >= 0.6 is 27.3 Å². The topological polar surface area (TPSA) is 42.0 Å². The molecule has 0 aliphatic heterocycles. The average Bonchev–Trinajstić information content (AvgIpc) is 3.04. The Hall–Kier alpha value is -1.72. The number of aryl methyl sites for hydroxylation is 2. The van der Waals surface area contributed by atoms with Gasteiger partial charge in [-0.25, -0.2) is 4.98 Å². The highest BCUT2D eigenvalue weighted by Gasteiger charge is 2.09. The van der Waals surface area contributed by atoms with Crippen molar-refractivity contribution in [1.29, 1.82) is 0 Å². The van der Waals surface area contributed by atoms with Gasteiger partial charge in [0.05, 0.1) is 15.2 Å². The van der Waals surface area contributed by atoms with Crippen LogP contribution in [0.3, 0.4) is 0 Å². The van der Waals surface area contributed by atoms with Crippen molar-refractivity contribution in [3.63, 3.8) is 0 Å². The lowest BCUT2D eigenvalue weighted by Crippen LogP contribution is -2.32. The highest BCUT2D eigenvalue weighted by Crippen LogP contribution is 2.22. The number of nitrogens with one attached hydrogen (secondary N) is 1. The van der Waals surface area contributed by atoms with Gasteiger partial charge in [-0.3, -0.25) is 4.79 Å². The molecule has 2 aromatic carbocycles. The number of carbonyl (C=O) groups excluding carboxylic acids is 1. The second-order valence-corrected chi connectivity index (χ2v) is 8.59. The smallest absolute Gasteiger partial charge is 0.220 e. The van der Waals surface area contributed by atoms with E-state index in [1.165, 1.54) is 10.3 Å². The maximum atomic E-state index is 12.1. The lowest BCUT2D eigenvalue weighted by molar-refractivity contribution is -0.121. The number of fused-ring (bicyclic) bond motifs is 1. The molecule has 0 saturated carbocycles. The number of thiazole rings is 1. The first-order valence-corrected chi connectivity index (χ1v) is 10.6. The minimum atomic E-state index is 0.134. The molecule has 1 atom stereocenters. The zero-order valence-electron chi connectivity index (χ0n) is 14.9. The number of hydrogen-bond acceptors (Lipinski definition) is 3. The SMILES string of the molecule is CC(CCc1ccc(Br)cc1)NC(=O)CCCc1nc2ccccc2s1.